The average molecular weight is 373 g/mol. The quantitative estimate of drug-likeness (QED) is 0.840. The zero-order chi connectivity index (χ0) is 17.7. The number of ether oxygens (including phenoxy) is 1. The Morgan fingerprint density at radius 3 is 2.19 bits per heavy atom. The van der Waals surface area contributed by atoms with Crippen molar-refractivity contribution < 1.29 is 4.74 Å². The number of pyridine rings is 1. The highest BCUT2D eigenvalue weighted by molar-refractivity contribution is 6.32. The van der Waals surface area contributed by atoms with Gasteiger partial charge in [-0.1, -0.05) is 11.6 Å². The van der Waals surface area contributed by atoms with Crippen LogP contribution < -0.4 is 10.3 Å². The molecule has 0 radical (unpaired) electrons. The molecule has 3 fully saturated rings. The second-order valence-corrected chi connectivity index (χ2v) is 8.54. The standard InChI is InChI=1S/C21H25ClN2O2/c22-19-12-18-13(9-10-23-21(18)25)11-20(19)26-17-7-5-16(6-8-17)24(14-1-2-14)15-3-4-15/h9-12,14-17H,1-8H2,(H,23,25). The van der Waals surface area contributed by atoms with Crippen molar-refractivity contribution in [2.45, 2.75) is 75.6 Å². The number of rotatable bonds is 5. The molecule has 0 bridgehead atoms. The van der Waals surface area contributed by atoms with Crippen LogP contribution in [0, 0.1) is 0 Å². The Hall–Kier alpha value is -1.52. The van der Waals surface area contributed by atoms with Gasteiger partial charge >= 0.3 is 0 Å². The first kappa shape index (κ1) is 16.6. The molecular formula is C21H25ClN2O2. The largest absolute Gasteiger partial charge is 0.489 e. The van der Waals surface area contributed by atoms with Crippen LogP contribution in [0.1, 0.15) is 51.4 Å². The monoisotopic (exact) mass is 372 g/mol. The minimum Gasteiger partial charge on any atom is -0.489 e. The molecule has 0 unspecified atom stereocenters. The van der Waals surface area contributed by atoms with E-state index in [1.165, 1.54) is 38.5 Å². The van der Waals surface area contributed by atoms with Crippen LogP contribution in [0.25, 0.3) is 10.8 Å². The maximum atomic E-state index is 11.9. The molecule has 1 aromatic carbocycles. The van der Waals surface area contributed by atoms with Gasteiger partial charge in [0.1, 0.15) is 5.75 Å². The number of aromatic amines is 1. The Kier molecular flexibility index (Phi) is 4.21. The number of halogens is 1. The summed E-state index contributed by atoms with van der Waals surface area (Å²) in [5.41, 5.74) is -0.114. The van der Waals surface area contributed by atoms with E-state index in [-0.39, 0.29) is 11.7 Å². The smallest absolute Gasteiger partial charge is 0.255 e. The molecule has 3 saturated carbocycles. The number of hydrogen-bond donors (Lipinski definition) is 1. The molecule has 0 aliphatic heterocycles. The van der Waals surface area contributed by atoms with Crippen molar-refractivity contribution in [3.63, 3.8) is 0 Å². The predicted octanol–water partition coefficient (Wildman–Crippen LogP) is 4.50. The lowest BCUT2D eigenvalue weighted by molar-refractivity contribution is 0.0789. The van der Waals surface area contributed by atoms with Crippen LogP contribution in [-0.4, -0.2) is 34.1 Å². The normalized spacial score (nSPS) is 26.4. The number of hydrogen-bond acceptors (Lipinski definition) is 3. The Morgan fingerprint density at radius 2 is 1.58 bits per heavy atom. The van der Waals surface area contributed by atoms with Crippen molar-refractivity contribution in [1.29, 1.82) is 0 Å². The summed E-state index contributed by atoms with van der Waals surface area (Å²) >= 11 is 6.39. The van der Waals surface area contributed by atoms with Gasteiger partial charge in [-0.05, 0) is 75.0 Å². The summed E-state index contributed by atoms with van der Waals surface area (Å²) in [6.07, 6.45) is 12.1. The zero-order valence-electron chi connectivity index (χ0n) is 14.9. The first-order valence-corrected chi connectivity index (χ1v) is 10.3. The summed E-state index contributed by atoms with van der Waals surface area (Å²) in [5.74, 6) is 0.703. The Labute approximate surface area is 158 Å². The summed E-state index contributed by atoms with van der Waals surface area (Å²) in [4.78, 5) is 17.4. The minimum absolute atomic E-state index is 0.114. The molecule has 2 aromatic rings. The lowest BCUT2D eigenvalue weighted by atomic mass is 9.91. The van der Waals surface area contributed by atoms with E-state index in [4.69, 9.17) is 16.3 Å². The van der Waals surface area contributed by atoms with Crippen molar-refractivity contribution >= 4 is 22.4 Å². The fourth-order valence-electron chi connectivity index (χ4n) is 4.56. The van der Waals surface area contributed by atoms with Crippen molar-refractivity contribution in [3.05, 3.63) is 39.8 Å². The summed E-state index contributed by atoms with van der Waals surface area (Å²) in [7, 11) is 0. The molecule has 1 aromatic heterocycles. The van der Waals surface area contributed by atoms with Crippen molar-refractivity contribution in [1.82, 2.24) is 9.88 Å². The topological polar surface area (TPSA) is 45.3 Å². The molecule has 0 amide bonds. The summed E-state index contributed by atoms with van der Waals surface area (Å²) in [5, 5.41) is 2.00. The van der Waals surface area contributed by atoms with E-state index in [1.807, 2.05) is 12.1 Å². The van der Waals surface area contributed by atoms with E-state index in [2.05, 4.69) is 9.88 Å². The second-order valence-electron chi connectivity index (χ2n) is 8.13. The van der Waals surface area contributed by atoms with Crippen molar-refractivity contribution in [2.75, 3.05) is 0 Å². The SMILES string of the molecule is O=c1[nH]ccc2cc(OC3CCC(N(C4CC4)C4CC4)CC3)c(Cl)cc12. The van der Waals surface area contributed by atoms with E-state index < -0.39 is 0 Å². The molecule has 0 saturated heterocycles. The highest BCUT2D eigenvalue weighted by atomic mass is 35.5. The van der Waals surface area contributed by atoms with Crippen LogP contribution in [0.4, 0.5) is 0 Å². The van der Waals surface area contributed by atoms with Crippen LogP contribution in [0.2, 0.25) is 5.02 Å². The first-order chi connectivity index (χ1) is 12.7. The van der Waals surface area contributed by atoms with Gasteiger partial charge in [0.05, 0.1) is 11.1 Å². The third kappa shape index (κ3) is 3.25. The molecule has 26 heavy (non-hydrogen) atoms. The van der Waals surface area contributed by atoms with Crippen LogP contribution >= 0.6 is 11.6 Å². The molecule has 5 heteroatoms. The number of H-pyrrole nitrogens is 1. The summed E-state index contributed by atoms with van der Waals surface area (Å²) in [6, 6.07) is 8.01. The summed E-state index contributed by atoms with van der Waals surface area (Å²) < 4.78 is 6.25. The molecule has 3 aliphatic carbocycles. The number of aromatic nitrogens is 1. The molecule has 4 nitrogen and oxygen atoms in total. The lowest BCUT2D eigenvalue weighted by Crippen LogP contribution is -2.42. The van der Waals surface area contributed by atoms with Gasteiger partial charge in [-0.3, -0.25) is 9.69 Å². The van der Waals surface area contributed by atoms with E-state index >= 15 is 0 Å². The van der Waals surface area contributed by atoms with E-state index in [9.17, 15) is 4.79 Å². The van der Waals surface area contributed by atoms with Gasteiger partial charge in [0.25, 0.3) is 5.56 Å². The minimum atomic E-state index is -0.114. The van der Waals surface area contributed by atoms with Crippen molar-refractivity contribution in [3.8, 4) is 5.75 Å². The Bertz CT molecular complexity index is 852. The molecule has 5 rings (SSSR count). The third-order valence-corrected chi connectivity index (χ3v) is 6.42. The van der Waals surface area contributed by atoms with Crippen LogP contribution in [-0.2, 0) is 0 Å². The third-order valence-electron chi connectivity index (χ3n) is 6.12. The van der Waals surface area contributed by atoms with Gasteiger partial charge in [-0.25, -0.2) is 0 Å². The number of nitrogens with one attached hydrogen (secondary N) is 1. The highest BCUT2D eigenvalue weighted by Crippen LogP contribution is 2.42. The molecule has 0 atom stereocenters. The maximum Gasteiger partial charge on any atom is 0.255 e. The fourth-order valence-corrected chi connectivity index (χ4v) is 4.77. The highest BCUT2D eigenvalue weighted by Gasteiger charge is 2.43. The first-order valence-electron chi connectivity index (χ1n) is 9.94. The molecule has 3 aliphatic rings. The molecular weight excluding hydrogens is 348 g/mol. The van der Waals surface area contributed by atoms with Gasteiger partial charge in [-0.2, -0.15) is 0 Å². The zero-order valence-corrected chi connectivity index (χ0v) is 15.7. The number of nitrogens with zero attached hydrogens (tertiary/aromatic N) is 1. The van der Waals surface area contributed by atoms with Gasteiger partial charge in [-0.15, -0.1) is 0 Å². The molecule has 1 heterocycles. The number of fused-ring (bicyclic) bond motifs is 1. The number of benzene rings is 1. The fraction of sp³-hybridized carbons (Fsp3) is 0.571. The summed E-state index contributed by atoms with van der Waals surface area (Å²) in [6.45, 7) is 0. The molecule has 138 valence electrons. The lowest BCUT2D eigenvalue weighted by Gasteiger charge is -2.37. The molecule has 0 spiro atoms. The van der Waals surface area contributed by atoms with Crippen LogP contribution in [0.3, 0.4) is 0 Å². The maximum absolute atomic E-state index is 11.9. The van der Waals surface area contributed by atoms with E-state index in [1.54, 1.807) is 12.3 Å². The van der Waals surface area contributed by atoms with E-state index in [0.717, 1.165) is 36.4 Å². The second kappa shape index (κ2) is 6.58. The Balaban J connectivity index is 1.27. The van der Waals surface area contributed by atoms with Gasteiger partial charge in [0.15, 0.2) is 0 Å². The van der Waals surface area contributed by atoms with Gasteiger partial charge < -0.3 is 9.72 Å². The Morgan fingerprint density at radius 1 is 0.962 bits per heavy atom. The molecule has 1 N–H and O–H groups in total. The van der Waals surface area contributed by atoms with Crippen molar-refractivity contribution in [2.24, 2.45) is 0 Å². The van der Waals surface area contributed by atoms with Crippen LogP contribution in [0.5, 0.6) is 5.75 Å². The van der Waals surface area contributed by atoms with E-state index in [0.29, 0.717) is 16.2 Å². The van der Waals surface area contributed by atoms with Crippen LogP contribution in [0.15, 0.2) is 29.2 Å². The predicted molar refractivity (Wildman–Crippen MR) is 104 cm³/mol. The van der Waals surface area contributed by atoms with Gasteiger partial charge in [0, 0.05) is 29.7 Å². The van der Waals surface area contributed by atoms with Gasteiger partial charge in [0.2, 0.25) is 0 Å². The average Bonchev–Trinajstić information content (AvgIpc) is 3.53.